The van der Waals surface area contributed by atoms with Crippen molar-refractivity contribution in [2.24, 2.45) is 0 Å². The molecule has 3 N–H and O–H groups in total. The Balaban J connectivity index is 1.28. The van der Waals surface area contributed by atoms with Gasteiger partial charge in [-0.05, 0) is 60.0 Å². The molecule has 3 atom stereocenters. The van der Waals surface area contributed by atoms with E-state index in [4.69, 9.17) is 9.47 Å². The molecule has 3 aromatic heterocycles. The monoisotopic (exact) mass is 918 g/mol. The van der Waals surface area contributed by atoms with Crippen molar-refractivity contribution >= 4 is 50.4 Å². The highest BCUT2D eigenvalue weighted by atomic mass is 31.2. The van der Waals surface area contributed by atoms with Crippen LogP contribution in [-0.2, 0) is 56.0 Å². The maximum atomic E-state index is 13.3. The van der Waals surface area contributed by atoms with Crippen LogP contribution in [0, 0.1) is 6.92 Å². The minimum atomic E-state index is -3.91. The van der Waals surface area contributed by atoms with Crippen LogP contribution in [0.4, 0.5) is 0 Å². The highest BCUT2D eigenvalue weighted by Crippen LogP contribution is 2.35. The molecule has 6 rings (SSSR count). The molecule has 1 fully saturated rings. The van der Waals surface area contributed by atoms with Crippen LogP contribution in [0.1, 0.15) is 54.5 Å². The molecule has 16 nitrogen and oxygen atoms in total. The van der Waals surface area contributed by atoms with Crippen LogP contribution in [0.15, 0.2) is 97.1 Å². The number of rotatable bonds is 15. The van der Waals surface area contributed by atoms with Crippen molar-refractivity contribution in [3.63, 3.8) is 0 Å². The van der Waals surface area contributed by atoms with Gasteiger partial charge in [-0.2, -0.15) is 0 Å². The van der Waals surface area contributed by atoms with Crippen molar-refractivity contribution in [2.45, 2.75) is 39.8 Å². The Bertz CT molecular complexity index is 2410. The van der Waals surface area contributed by atoms with E-state index < -0.39 is 34.0 Å². The summed E-state index contributed by atoms with van der Waals surface area (Å²) >= 11 is 0. The van der Waals surface area contributed by atoms with Gasteiger partial charge in [-0.25, -0.2) is 24.5 Å². The lowest BCUT2D eigenvalue weighted by molar-refractivity contribution is 0.0463. The first kappa shape index (κ1) is 47.8. The molecule has 5 aromatic rings. The molecule has 0 aliphatic carbocycles. The fourth-order valence-corrected chi connectivity index (χ4v) is 9.08. The van der Waals surface area contributed by atoms with Crippen molar-refractivity contribution in [2.75, 3.05) is 59.3 Å². The van der Waals surface area contributed by atoms with Gasteiger partial charge in [-0.15, -0.1) is 0 Å². The summed E-state index contributed by atoms with van der Waals surface area (Å²) in [5.41, 5.74) is 3.79. The van der Waals surface area contributed by atoms with Crippen LogP contribution in [0.2, 0.25) is 0 Å². The largest absolute Gasteiger partial charge is 0.457 e. The molecule has 0 spiro atoms. The van der Waals surface area contributed by atoms with E-state index in [0.29, 0.717) is 62.9 Å². The van der Waals surface area contributed by atoms with Crippen LogP contribution in [-0.4, -0.2) is 116 Å². The molecule has 3 unspecified atom stereocenters. The van der Waals surface area contributed by atoms with Gasteiger partial charge in [0.15, 0.2) is 0 Å². The van der Waals surface area contributed by atoms with Crippen molar-refractivity contribution in [1.29, 1.82) is 0 Å². The third-order valence-electron chi connectivity index (χ3n) is 10.3. The highest BCUT2D eigenvalue weighted by Gasteiger charge is 2.26. The average molecular weight is 919 g/mol. The molecule has 2 aromatic carbocycles. The van der Waals surface area contributed by atoms with Crippen LogP contribution in [0.5, 0.6) is 0 Å². The van der Waals surface area contributed by atoms with E-state index in [9.17, 15) is 38.0 Å². The van der Waals surface area contributed by atoms with E-state index in [-0.39, 0.29) is 53.7 Å². The lowest BCUT2D eigenvalue weighted by atomic mass is 10.2. The number of ether oxygens (including phenoxy) is 2. The molecule has 63 heavy (non-hydrogen) atoms. The van der Waals surface area contributed by atoms with E-state index in [1.54, 1.807) is 18.2 Å². The molecule has 0 bridgehead atoms. The number of pyridine rings is 3. The normalized spacial score (nSPS) is 17.3. The fraction of sp³-hybridized carbons (Fsp3) is 0.341. The summed E-state index contributed by atoms with van der Waals surface area (Å²) in [5.74, 6) is -1.33. The Labute approximate surface area is 367 Å². The minimum Gasteiger partial charge on any atom is -0.457 e. The van der Waals surface area contributed by atoms with Crippen molar-refractivity contribution in [3.05, 3.63) is 142 Å². The molecule has 1 aliphatic rings. The van der Waals surface area contributed by atoms with Crippen LogP contribution in [0.3, 0.4) is 0 Å². The van der Waals surface area contributed by atoms with Gasteiger partial charge in [-0.1, -0.05) is 60.7 Å². The second kappa shape index (κ2) is 20.9. The van der Waals surface area contributed by atoms with Gasteiger partial charge in [0.05, 0.1) is 28.2 Å². The Morgan fingerprint density at radius 3 is 1.17 bits per heavy atom. The smallest absolute Gasteiger partial charge is 0.338 e. The van der Waals surface area contributed by atoms with Gasteiger partial charge < -0.3 is 24.2 Å². The van der Waals surface area contributed by atoms with Gasteiger partial charge in [0.2, 0.25) is 22.1 Å². The van der Waals surface area contributed by atoms with Gasteiger partial charge in [-0.3, -0.25) is 28.4 Å². The number of esters is 2. The number of carbonyl (C=O) groups is 2. The Kier molecular flexibility index (Phi) is 15.8. The lowest BCUT2D eigenvalue weighted by Crippen LogP contribution is -2.36. The number of nitrogens with zero attached hydrogens (tertiary/aromatic N) is 6. The first-order valence-electron chi connectivity index (χ1n) is 20.3. The zero-order valence-corrected chi connectivity index (χ0v) is 38.4. The molecule has 4 heterocycles. The minimum absolute atomic E-state index is 0.0149. The second-order valence-corrected chi connectivity index (χ2v) is 22.6. The maximum absolute atomic E-state index is 13.3. The second-order valence-electron chi connectivity index (χ2n) is 16.0. The average Bonchev–Trinajstić information content (AvgIpc) is 3.32. The molecule has 1 saturated heterocycles. The summed E-state index contributed by atoms with van der Waals surface area (Å²) in [6.45, 7) is 9.16. The first-order chi connectivity index (χ1) is 29.8. The van der Waals surface area contributed by atoms with Crippen molar-refractivity contribution in [1.82, 2.24) is 29.7 Å². The van der Waals surface area contributed by atoms with Crippen molar-refractivity contribution in [3.8, 4) is 0 Å². The SMILES string of the molecule is Cc1cc(CN2CCN(Cc3cc(C(=O)OCc4ccccc4)cc(P(C)(=O)O)n3)CCN(Cc3cc(C(=O)OCc4ccccc4)cc(P(C)(=O)O)n3)CC2)nc(P(C)(=O)O)c1. The quantitative estimate of drug-likeness (QED) is 0.0987. The summed E-state index contributed by atoms with van der Waals surface area (Å²) in [6.07, 6.45) is 0. The summed E-state index contributed by atoms with van der Waals surface area (Å²) in [6, 6.07) is 27.5. The van der Waals surface area contributed by atoms with Crippen LogP contribution >= 0.6 is 22.1 Å². The molecule has 19 heteroatoms. The molecular formula is C44H53N6O10P3. The standard InChI is InChI=1S/C44H53N6O10P3/c1-32-21-37(45-40(22-32)61(2,53)54)27-48-15-17-49(28-38-23-35(25-41(46-38)62(3,55)56)43(51)59-30-33-11-7-5-8-12-33)19-20-50(18-16-48)29-39-24-36(26-42(47-39)63(4,57)58)44(52)60-31-34-13-9-6-10-14-34/h5-14,21-26H,15-20,27-31H2,1-4H3,(H,53,54)(H,55,56)(H,57,58). The highest BCUT2D eigenvalue weighted by molar-refractivity contribution is 7.65. The predicted molar refractivity (Wildman–Crippen MR) is 241 cm³/mol. The third kappa shape index (κ3) is 14.4. The van der Waals surface area contributed by atoms with Gasteiger partial charge in [0.1, 0.15) is 29.5 Å². The van der Waals surface area contributed by atoms with Crippen molar-refractivity contribution < 1.29 is 47.4 Å². The zero-order chi connectivity index (χ0) is 45.4. The first-order valence-corrected chi connectivity index (χ1v) is 26.6. The van der Waals surface area contributed by atoms with E-state index in [1.807, 2.05) is 73.7 Å². The Morgan fingerprint density at radius 2 is 0.841 bits per heavy atom. The Hall–Kier alpha value is -4.72. The topological polar surface area (TPSA) is 213 Å². The third-order valence-corrected chi connectivity index (χ3v) is 13.5. The fourth-order valence-electron chi connectivity index (χ4n) is 6.94. The number of hydrogen-bond acceptors (Lipinski definition) is 13. The number of aryl methyl sites for hydroxylation is 1. The van der Waals surface area contributed by atoms with Gasteiger partial charge >= 0.3 is 11.9 Å². The summed E-state index contributed by atoms with van der Waals surface area (Å²) in [4.78, 5) is 78.2. The molecule has 334 valence electrons. The van der Waals surface area contributed by atoms with Gasteiger partial charge in [0.25, 0.3) is 0 Å². The van der Waals surface area contributed by atoms with E-state index in [2.05, 4.69) is 29.7 Å². The van der Waals surface area contributed by atoms with E-state index in [1.165, 1.54) is 32.1 Å². The molecule has 0 saturated carbocycles. The maximum Gasteiger partial charge on any atom is 0.338 e. The summed E-state index contributed by atoms with van der Waals surface area (Å²) in [7, 11) is -11.5. The molecular weight excluding hydrogens is 865 g/mol. The molecule has 0 amide bonds. The van der Waals surface area contributed by atoms with Crippen LogP contribution in [0.25, 0.3) is 0 Å². The summed E-state index contributed by atoms with van der Waals surface area (Å²) < 4.78 is 49.7. The summed E-state index contributed by atoms with van der Waals surface area (Å²) in [5, 5.41) is 0. The number of carbonyl (C=O) groups excluding carboxylic acids is 2. The lowest BCUT2D eigenvalue weighted by Gasteiger charge is -2.26. The number of benzene rings is 2. The predicted octanol–water partition coefficient (Wildman–Crippen LogP) is 4.29. The molecule has 1 aliphatic heterocycles. The van der Waals surface area contributed by atoms with E-state index >= 15 is 0 Å². The van der Waals surface area contributed by atoms with Crippen LogP contribution < -0.4 is 16.3 Å². The number of aromatic nitrogens is 3. The van der Waals surface area contributed by atoms with E-state index in [0.717, 1.165) is 16.7 Å². The number of hydrogen-bond donors (Lipinski definition) is 3. The Morgan fingerprint density at radius 1 is 0.524 bits per heavy atom. The zero-order valence-electron chi connectivity index (χ0n) is 35.7. The van der Waals surface area contributed by atoms with Gasteiger partial charge in [0, 0.05) is 78.9 Å². The molecule has 0 radical (unpaired) electrons.